The van der Waals surface area contributed by atoms with Gasteiger partial charge in [0.2, 0.25) is 5.76 Å². The molecule has 2 aromatic rings. The number of amides is 1. The summed E-state index contributed by atoms with van der Waals surface area (Å²) in [7, 11) is 0. The monoisotopic (exact) mass is 300 g/mol. The molecule has 0 unspecified atom stereocenters. The number of carbonyl (C=O) groups is 1. The van der Waals surface area contributed by atoms with E-state index in [-0.39, 0.29) is 11.7 Å². The van der Waals surface area contributed by atoms with Gasteiger partial charge in [0.1, 0.15) is 32.1 Å². The Labute approximate surface area is 127 Å². The van der Waals surface area contributed by atoms with Crippen LogP contribution in [-0.2, 0) is 27.4 Å². The molecule has 1 aromatic carbocycles. The van der Waals surface area contributed by atoms with Gasteiger partial charge < -0.3 is 14.8 Å². The molecule has 1 amide bonds. The van der Waals surface area contributed by atoms with E-state index in [1.54, 1.807) is 11.0 Å². The highest BCUT2D eigenvalue weighted by atomic mass is 16.6. The first kappa shape index (κ1) is 14.1. The van der Waals surface area contributed by atoms with Crippen molar-refractivity contribution in [3.63, 3.8) is 0 Å². The van der Waals surface area contributed by atoms with Gasteiger partial charge in [0.15, 0.2) is 0 Å². The number of ether oxygens (including phenoxy) is 2. The van der Waals surface area contributed by atoms with Crippen LogP contribution in [0, 0.1) is 0 Å². The van der Waals surface area contributed by atoms with Crippen molar-refractivity contribution in [2.24, 2.45) is 0 Å². The van der Waals surface area contributed by atoms with Crippen molar-refractivity contribution in [3.8, 4) is 0 Å². The molecule has 0 radical (unpaired) electrons. The van der Waals surface area contributed by atoms with E-state index >= 15 is 0 Å². The van der Waals surface area contributed by atoms with E-state index in [0.29, 0.717) is 26.3 Å². The van der Waals surface area contributed by atoms with Crippen LogP contribution in [0.25, 0.3) is 0 Å². The first-order valence-electron chi connectivity index (χ1n) is 6.94. The van der Waals surface area contributed by atoms with Crippen LogP contribution in [0.5, 0.6) is 0 Å². The Morgan fingerprint density at radius 1 is 1.23 bits per heavy atom. The number of nitrogens with zero attached hydrogens (tertiary/aromatic N) is 3. The fraction of sp³-hybridized carbons (Fsp3) is 0.267. The van der Waals surface area contributed by atoms with Crippen LogP contribution in [0.15, 0.2) is 48.9 Å². The molecular weight excluding hydrogens is 284 g/mol. The van der Waals surface area contributed by atoms with Gasteiger partial charge in [-0.1, -0.05) is 24.3 Å². The second kappa shape index (κ2) is 6.75. The summed E-state index contributed by atoms with van der Waals surface area (Å²) < 4.78 is 12.0. The van der Waals surface area contributed by atoms with Crippen LogP contribution < -0.4 is 5.32 Å². The maximum Gasteiger partial charge on any atom is 0.289 e. The third-order valence-electron chi connectivity index (χ3n) is 3.16. The minimum absolute atomic E-state index is 0.217. The van der Waals surface area contributed by atoms with E-state index in [1.807, 2.05) is 24.3 Å². The van der Waals surface area contributed by atoms with Crippen LogP contribution in [0.3, 0.4) is 0 Å². The lowest BCUT2D eigenvalue weighted by molar-refractivity contribution is -0.122. The molecule has 2 heterocycles. The molecule has 1 aliphatic rings. The van der Waals surface area contributed by atoms with Crippen molar-refractivity contribution in [2.75, 3.05) is 13.2 Å². The zero-order valence-corrected chi connectivity index (χ0v) is 11.9. The maximum atomic E-state index is 11.8. The molecule has 0 fully saturated rings. The second-order valence-corrected chi connectivity index (χ2v) is 4.79. The molecule has 0 bridgehead atoms. The lowest BCUT2D eigenvalue weighted by Crippen LogP contribution is -2.28. The molecule has 0 atom stereocenters. The fourth-order valence-corrected chi connectivity index (χ4v) is 2.02. The zero-order valence-electron chi connectivity index (χ0n) is 11.9. The molecule has 1 aromatic heterocycles. The SMILES string of the molecule is O=C(NCc1ccc(Cn2cncn2)cc1)C1=COCCO1. The number of nitrogens with one attached hydrogen (secondary N) is 1. The van der Waals surface area contributed by atoms with Crippen molar-refractivity contribution in [3.05, 3.63) is 60.1 Å². The van der Waals surface area contributed by atoms with Gasteiger partial charge in [0, 0.05) is 6.54 Å². The van der Waals surface area contributed by atoms with Crippen molar-refractivity contribution in [1.82, 2.24) is 20.1 Å². The predicted molar refractivity (Wildman–Crippen MR) is 77.4 cm³/mol. The highest BCUT2D eigenvalue weighted by Gasteiger charge is 2.14. The summed E-state index contributed by atoms with van der Waals surface area (Å²) in [6.07, 6.45) is 4.53. The highest BCUT2D eigenvalue weighted by molar-refractivity contribution is 5.91. The molecular formula is C15H16N4O3. The van der Waals surface area contributed by atoms with Gasteiger partial charge in [0.05, 0.1) is 6.54 Å². The van der Waals surface area contributed by atoms with Crippen molar-refractivity contribution < 1.29 is 14.3 Å². The Kier molecular flexibility index (Phi) is 4.33. The molecule has 7 nitrogen and oxygen atoms in total. The molecule has 1 aliphatic heterocycles. The zero-order chi connectivity index (χ0) is 15.2. The summed E-state index contributed by atoms with van der Waals surface area (Å²) in [6.45, 7) is 1.98. The number of rotatable bonds is 5. The first-order valence-corrected chi connectivity index (χ1v) is 6.94. The standard InChI is InChI=1S/C15H16N4O3/c20-15(14-9-21-5-6-22-14)17-7-12-1-3-13(4-2-12)8-19-11-16-10-18-19/h1-4,9-11H,5-8H2,(H,17,20). The molecule has 0 spiro atoms. The quantitative estimate of drug-likeness (QED) is 0.885. The Bertz CT molecular complexity index is 650. The summed E-state index contributed by atoms with van der Waals surface area (Å²) in [5, 5.41) is 6.86. The Hall–Kier alpha value is -2.83. The number of benzene rings is 1. The molecule has 22 heavy (non-hydrogen) atoms. The summed E-state index contributed by atoms with van der Waals surface area (Å²) >= 11 is 0. The van der Waals surface area contributed by atoms with Crippen LogP contribution in [0.2, 0.25) is 0 Å². The molecule has 7 heteroatoms. The van der Waals surface area contributed by atoms with E-state index in [1.165, 1.54) is 12.6 Å². The molecule has 0 saturated carbocycles. The Balaban J connectivity index is 1.52. The minimum Gasteiger partial charge on any atom is -0.494 e. The highest BCUT2D eigenvalue weighted by Crippen LogP contribution is 2.07. The van der Waals surface area contributed by atoms with Crippen molar-refractivity contribution in [1.29, 1.82) is 0 Å². The molecule has 114 valence electrons. The average molecular weight is 300 g/mol. The van der Waals surface area contributed by atoms with Crippen LogP contribution in [0.4, 0.5) is 0 Å². The van der Waals surface area contributed by atoms with Crippen LogP contribution >= 0.6 is 0 Å². The average Bonchev–Trinajstić information content (AvgIpc) is 3.08. The van der Waals surface area contributed by atoms with E-state index < -0.39 is 0 Å². The fourth-order valence-electron chi connectivity index (χ4n) is 2.02. The van der Waals surface area contributed by atoms with Crippen LogP contribution in [0.1, 0.15) is 11.1 Å². The smallest absolute Gasteiger partial charge is 0.289 e. The van der Waals surface area contributed by atoms with Gasteiger partial charge in [-0.2, -0.15) is 5.10 Å². The lowest BCUT2D eigenvalue weighted by atomic mass is 10.1. The Morgan fingerprint density at radius 2 is 2.05 bits per heavy atom. The summed E-state index contributed by atoms with van der Waals surface area (Å²) in [5.74, 6) is -0.0551. The van der Waals surface area contributed by atoms with Gasteiger partial charge in [-0.05, 0) is 11.1 Å². The second-order valence-electron chi connectivity index (χ2n) is 4.79. The number of hydrogen-bond donors (Lipinski definition) is 1. The summed E-state index contributed by atoms with van der Waals surface area (Å²) in [6, 6.07) is 7.95. The summed E-state index contributed by atoms with van der Waals surface area (Å²) in [5.41, 5.74) is 2.13. The number of aromatic nitrogens is 3. The molecule has 0 aliphatic carbocycles. The normalized spacial score (nSPS) is 13.7. The third-order valence-corrected chi connectivity index (χ3v) is 3.16. The van der Waals surface area contributed by atoms with Gasteiger partial charge in [-0.3, -0.25) is 4.79 Å². The van der Waals surface area contributed by atoms with Gasteiger partial charge >= 0.3 is 0 Å². The van der Waals surface area contributed by atoms with Crippen molar-refractivity contribution in [2.45, 2.75) is 13.1 Å². The number of hydrogen-bond acceptors (Lipinski definition) is 5. The summed E-state index contributed by atoms with van der Waals surface area (Å²) in [4.78, 5) is 15.8. The minimum atomic E-state index is -0.272. The molecule has 1 N–H and O–H groups in total. The van der Waals surface area contributed by atoms with E-state index in [0.717, 1.165) is 11.1 Å². The number of carbonyl (C=O) groups excluding carboxylic acids is 1. The first-order chi connectivity index (χ1) is 10.8. The van der Waals surface area contributed by atoms with Gasteiger partial charge in [-0.25, -0.2) is 9.67 Å². The van der Waals surface area contributed by atoms with E-state index in [9.17, 15) is 4.79 Å². The lowest BCUT2D eigenvalue weighted by Gasteiger charge is -2.15. The van der Waals surface area contributed by atoms with E-state index in [4.69, 9.17) is 9.47 Å². The Morgan fingerprint density at radius 3 is 2.73 bits per heavy atom. The van der Waals surface area contributed by atoms with Crippen molar-refractivity contribution >= 4 is 5.91 Å². The predicted octanol–water partition coefficient (Wildman–Crippen LogP) is 0.831. The van der Waals surface area contributed by atoms with Crippen LogP contribution in [-0.4, -0.2) is 33.9 Å². The van der Waals surface area contributed by atoms with Gasteiger partial charge in [-0.15, -0.1) is 0 Å². The van der Waals surface area contributed by atoms with Gasteiger partial charge in [0.25, 0.3) is 5.91 Å². The largest absolute Gasteiger partial charge is 0.494 e. The topological polar surface area (TPSA) is 78.3 Å². The maximum absolute atomic E-state index is 11.8. The van der Waals surface area contributed by atoms with E-state index in [2.05, 4.69) is 15.4 Å². The molecule has 0 saturated heterocycles. The molecule has 3 rings (SSSR count). The third kappa shape index (κ3) is 3.63.